The van der Waals surface area contributed by atoms with Gasteiger partial charge in [0.15, 0.2) is 0 Å². The molecule has 6 heteroatoms. The standard InChI is InChI=1S/C27H34N2O4/c1-28(22-11-5-4-6-12-22)24-13-9-10-21(20-24)25(30)17-15-23-16-18-26(31)29(23)19-8-3-2-7-14-27(32)33/h4-6,9-13,15,17,20,23,25,30H,2-3,7-8,14,16,18-19H2,1H3,(H,32,33)/b17-15+/t23?,25-/m1/s1. The number of unbranched alkanes of at least 4 members (excludes halogenated alkanes) is 3. The van der Waals surface area contributed by atoms with E-state index in [-0.39, 0.29) is 18.4 Å². The Bertz CT molecular complexity index is 944. The number of amides is 1. The van der Waals surface area contributed by atoms with Crippen molar-refractivity contribution in [2.75, 3.05) is 18.5 Å². The summed E-state index contributed by atoms with van der Waals surface area (Å²) in [5, 5.41) is 19.5. The number of nitrogens with zero attached hydrogens (tertiary/aromatic N) is 2. The minimum absolute atomic E-state index is 0.00125. The number of benzene rings is 2. The summed E-state index contributed by atoms with van der Waals surface area (Å²) in [5.41, 5.74) is 2.87. The molecule has 0 spiro atoms. The molecule has 1 amide bonds. The molecule has 1 fully saturated rings. The van der Waals surface area contributed by atoms with Crippen LogP contribution in [0.5, 0.6) is 0 Å². The largest absolute Gasteiger partial charge is 0.481 e. The van der Waals surface area contributed by atoms with Gasteiger partial charge in [0.2, 0.25) is 5.91 Å². The molecule has 6 nitrogen and oxygen atoms in total. The first-order chi connectivity index (χ1) is 16.0. The first-order valence-electron chi connectivity index (χ1n) is 11.7. The molecule has 2 N–H and O–H groups in total. The zero-order valence-electron chi connectivity index (χ0n) is 19.3. The van der Waals surface area contributed by atoms with E-state index < -0.39 is 12.1 Å². The van der Waals surface area contributed by atoms with E-state index in [1.807, 2.05) is 72.6 Å². The van der Waals surface area contributed by atoms with Crippen LogP contribution in [0.1, 0.15) is 56.6 Å². The fraction of sp³-hybridized carbons (Fsp3) is 0.407. The van der Waals surface area contributed by atoms with Crippen LogP contribution in [-0.4, -0.2) is 46.6 Å². The van der Waals surface area contributed by atoms with Crippen molar-refractivity contribution in [3.63, 3.8) is 0 Å². The van der Waals surface area contributed by atoms with E-state index in [9.17, 15) is 14.7 Å². The maximum absolute atomic E-state index is 12.3. The predicted molar refractivity (Wildman–Crippen MR) is 131 cm³/mol. The Balaban J connectivity index is 1.56. The SMILES string of the molecule is CN(c1ccccc1)c1cccc([C@H](O)/C=C/C2CCC(=O)N2CCCCCCC(=O)O)c1. The number of aliphatic hydroxyl groups is 1. The summed E-state index contributed by atoms with van der Waals surface area (Å²) in [7, 11) is 2.00. The van der Waals surface area contributed by atoms with Crippen molar-refractivity contribution in [2.24, 2.45) is 0 Å². The summed E-state index contributed by atoms with van der Waals surface area (Å²) in [6, 6.07) is 17.9. The summed E-state index contributed by atoms with van der Waals surface area (Å²) in [6.45, 7) is 0.675. The van der Waals surface area contributed by atoms with Gasteiger partial charge in [-0.15, -0.1) is 0 Å². The van der Waals surface area contributed by atoms with E-state index >= 15 is 0 Å². The van der Waals surface area contributed by atoms with Crippen LogP contribution in [0.4, 0.5) is 11.4 Å². The lowest BCUT2D eigenvalue weighted by atomic mass is 10.1. The molecular weight excluding hydrogens is 416 g/mol. The van der Waals surface area contributed by atoms with Gasteiger partial charge in [0.1, 0.15) is 0 Å². The number of carbonyl (C=O) groups excluding carboxylic acids is 1. The highest BCUT2D eigenvalue weighted by atomic mass is 16.4. The average Bonchev–Trinajstić information content (AvgIpc) is 3.18. The second kappa shape index (κ2) is 12.2. The number of carboxylic acids is 1. The third kappa shape index (κ3) is 7.19. The van der Waals surface area contributed by atoms with E-state index in [2.05, 4.69) is 4.90 Å². The van der Waals surface area contributed by atoms with Crippen LogP contribution in [0, 0.1) is 0 Å². The quantitative estimate of drug-likeness (QED) is 0.349. The monoisotopic (exact) mass is 450 g/mol. The number of aliphatic hydroxyl groups excluding tert-OH is 1. The van der Waals surface area contributed by atoms with E-state index in [0.717, 1.165) is 42.6 Å². The van der Waals surface area contributed by atoms with Crippen LogP contribution < -0.4 is 4.90 Å². The van der Waals surface area contributed by atoms with Crippen LogP contribution in [0.15, 0.2) is 66.7 Å². The number of aliphatic carboxylic acids is 1. The van der Waals surface area contributed by atoms with Gasteiger partial charge in [-0.1, -0.05) is 55.3 Å². The van der Waals surface area contributed by atoms with Crippen LogP contribution in [0.2, 0.25) is 0 Å². The van der Waals surface area contributed by atoms with Crippen LogP contribution in [-0.2, 0) is 9.59 Å². The summed E-state index contributed by atoms with van der Waals surface area (Å²) in [5.74, 6) is -0.609. The first kappa shape index (κ1) is 24.5. The molecule has 2 atom stereocenters. The number of carbonyl (C=O) groups is 2. The molecule has 176 valence electrons. The molecule has 2 aromatic carbocycles. The van der Waals surface area contributed by atoms with Crippen molar-refractivity contribution in [3.8, 4) is 0 Å². The van der Waals surface area contributed by atoms with E-state index in [0.29, 0.717) is 19.4 Å². The van der Waals surface area contributed by atoms with Gasteiger partial charge in [-0.2, -0.15) is 0 Å². The number of para-hydroxylation sites is 1. The lowest BCUT2D eigenvalue weighted by Crippen LogP contribution is -2.32. The minimum Gasteiger partial charge on any atom is -0.481 e. The average molecular weight is 451 g/mol. The fourth-order valence-electron chi connectivity index (χ4n) is 4.22. The molecule has 0 aliphatic carbocycles. The second-order valence-electron chi connectivity index (χ2n) is 8.57. The van der Waals surface area contributed by atoms with Crippen molar-refractivity contribution >= 4 is 23.3 Å². The lowest BCUT2D eigenvalue weighted by molar-refractivity contribution is -0.137. The molecule has 1 saturated heterocycles. The van der Waals surface area contributed by atoms with Gasteiger partial charge in [0.05, 0.1) is 12.1 Å². The summed E-state index contributed by atoms with van der Waals surface area (Å²) in [6.07, 6.45) is 7.80. The highest BCUT2D eigenvalue weighted by molar-refractivity contribution is 5.79. The van der Waals surface area contributed by atoms with Crippen LogP contribution >= 0.6 is 0 Å². The van der Waals surface area contributed by atoms with Gasteiger partial charge in [0.25, 0.3) is 0 Å². The van der Waals surface area contributed by atoms with E-state index in [4.69, 9.17) is 5.11 Å². The first-order valence-corrected chi connectivity index (χ1v) is 11.7. The highest BCUT2D eigenvalue weighted by Gasteiger charge is 2.28. The molecule has 3 rings (SSSR count). The van der Waals surface area contributed by atoms with Crippen molar-refractivity contribution in [2.45, 2.75) is 57.1 Å². The van der Waals surface area contributed by atoms with Gasteiger partial charge < -0.3 is 20.0 Å². The van der Waals surface area contributed by atoms with E-state index in [1.165, 1.54) is 0 Å². The maximum Gasteiger partial charge on any atom is 0.303 e. The van der Waals surface area contributed by atoms with Crippen LogP contribution in [0.25, 0.3) is 0 Å². The Morgan fingerprint density at radius 3 is 2.58 bits per heavy atom. The molecule has 0 aromatic heterocycles. The number of anilines is 2. The maximum atomic E-state index is 12.3. The predicted octanol–water partition coefficient (Wildman–Crippen LogP) is 5.07. The second-order valence-corrected chi connectivity index (χ2v) is 8.57. The topological polar surface area (TPSA) is 81.1 Å². The Morgan fingerprint density at radius 1 is 1.09 bits per heavy atom. The number of carboxylic acid groups (broad SMARTS) is 1. The summed E-state index contributed by atoms with van der Waals surface area (Å²) < 4.78 is 0. The highest BCUT2D eigenvalue weighted by Crippen LogP contribution is 2.27. The molecule has 1 unspecified atom stereocenters. The number of rotatable bonds is 12. The Hall–Kier alpha value is -3.12. The number of likely N-dealkylation sites (tertiary alicyclic amines) is 1. The summed E-state index contributed by atoms with van der Waals surface area (Å²) in [4.78, 5) is 26.9. The Labute approximate surface area is 196 Å². The van der Waals surface area contributed by atoms with Crippen molar-refractivity contribution in [3.05, 3.63) is 72.3 Å². The van der Waals surface area contributed by atoms with Gasteiger partial charge in [0, 0.05) is 37.8 Å². The molecule has 33 heavy (non-hydrogen) atoms. The molecule has 1 aliphatic rings. The third-order valence-corrected chi connectivity index (χ3v) is 6.17. The van der Waals surface area contributed by atoms with Crippen molar-refractivity contribution in [1.82, 2.24) is 4.90 Å². The Morgan fingerprint density at radius 2 is 1.82 bits per heavy atom. The smallest absolute Gasteiger partial charge is 0.303 e. The van der Waals surface area contributed by atoms with Gasteiger partial charge in [-0.25, -0.2) is 0 Å². The Kier molecular flexibility index (Phi) is 9.07. The molecule has 0 bridgehead atoms. The number of hydrogen-bond donors (Lipinski definition) is 2. The van der Waals surface area contributed by atoms with Gasteiger partial charge in [-0.05, 0) is 49.1 Å². The van der Waals surface area contributed by atoms with Gasteiger partial charge in [-0.3, -0.25) is 9.59 Å². The minimum atomic E-state index is -0.759. The van der Waals surface area contributed by atoms with Gasteiger partial charge >= 0.3 is 5.97 Å². The zero-order chi connectivity index (χ0) is 23.6. The molecule has 0 radical (unpaired) electrons. The molecular formula is C27H34N2O4. The van der Waals surface area contributed by atoms with Crippen LogP contribution in [0.3, 0.4) is 0 Å². The van der Waals surface area contributed by atoms with Crippen molar-refractivity contribution < 1.29 is 19.8 Å². The van der Waals surface area contributed by atoms with Crippen molar-refractivity contribution in [1.29, 1.82) is 0 Å². The number of hydrogen-bond acceptors (Lipinski definition) is 4. The summed E-state index contributed by atoms with van der Waals surface area (Å²) >= 11 is 0. The van der Waals surface area contributed by atoms with E-state index in [1.54, 1.807) is 6.08 Å². The molecule has 0 saturated carbocycles. The molecule has 2 aromatic rings. The third-order valence-electron chi connectivity index (χ3n) is 6.17. The molecule has 1 aliphatic heterocycles. The zero-order valence-corrected chi connectivity index (χ0v) is 19.3. The molecule has 1 heterocycles. The normalized spacial score (nSPS) is 17.0. The lowest BCUT2D eigenvalue weighted by Gasteiger charge is -2.23. The fourth-order valence-corrected chi connectivity index (χ4v) is 4.22.